The quantitative estimate of drug-likeness (QED) is 0.859. The number of hydrogen-bond donors (Lipinski definition) is 0. The highest BCUT2D eigenvalue weighted by molar-refractivity contribution is 7.13. The van der Waals surface area contributed by atoms with Crippen molar-refractivity contribution in [2.45, 2.75) is 46.2 Å². The molecule has 1 amide bonds. The summed E-state index contributed by atoms with van der Waals surface area (Å²) in [6, 6.07) is 7.33. The van der Waals surface area contributed by atoms with Gasteiger partial charge in [0, 0.05) is 18.0 Å². The zero-order valence-electron chi connectivity index (χ0n) is 14.4. The number of carbonyl (C=O) groups excluding carboxylic acids is 1. The maximum atomic E-state index is 12.6. The number of likely N-dealkylation sites (tertiary alicyclic amines) is 1. The van der Waals surface area contributed by atoms with E-state index in [1.54, 1.807) is 23.5 Å². The Morgan fingerprint density at radius 1 is 1.33 bits per heavy atom. The smallest absolute Gasteiger partial charge is 0.266 e. The number of thiophene rings is 1. The van der Waals surface area contributed by atoms with Crippen molar-refractivity contribution in [2.24, 2.45) is 5.41 Å². The second-order valence-corrected chi connectivity index (χ2v) is 8.21. The van der Waals surface area contributed by atoms with Gasteiger partial charge in [0.2, 0.25) is 5.91 Å². The predicted molar refractivity (Wildman–Crippen MR) is 96.0 cm³/mol. The van der Waals surface area contributed by atoms with E-state index >= 15 is 0 Å². The molecule has 128 valence electrons. The summed E-state index contributed by atoms with van der Waals surface area (Å²) in [7, 11) is 0. The van der Waals surface area contributed by atoms with E-state index in [4.69, 9.17) is 0 Å². The molecule has 0 saturated carbocycles. The molecule has 5 nitrogen and oxygen atoms in total. The number of aromatic nitrogens is 2. The monoisotopic (exact) mass is 345 g/mol. The van der Waals surface area contributed by atoms with Crippen LogP contribution in [0.15, 0.2) is 34.4 Å². The summed E-state index contributed by atoms with van der Waals surface area (Å²) in [5.41, 5.74) is 0.279. The Hall–Kier alpha value is -1.95. The molecule has 1 atom stereocenters. The van der Waals surface area contributed by atoms with E-state index < -0.39 is 5.41 Å². The molecule has 0 unspecified atom stereocenters. The number of rotatable bonds is 3. The largest absolute Gasteiger partial charge is 0.337 e. The van der Waals surface area contributed by atoms with Gasteiger partial charge in [0.05, 0.1) is 17.5 Å². The number of carbonyl (C=O) groups is 1. The minimum absolute atomic E-state index is 0.0421. The van der Waals surface area contributed by atoms with Gasteiger partial charge in [-0.05, 0) is 30.4 Å². The van der Waals surface area contributed by atoms with Crippen molar-refractivity contribution >= 4 is 17.2 Å². The van der Waals surface area contributed by atoms with Gasteiger partial charge in [-0.1, -0.05) is 26.8 Å². The van der Waals surface area contributed by atoms with E-state index in [2.05, 4.69) is 5.10 Å². The molecular formula is C18H23N3O2S. The molecule has 1 aliphatic rings. The summed E-state index contributed by atoms with van der Waals surface area (Å²) in [6.07, 6.45) is 1.89. The van der Waals surface area contributed by atoms with Crippen molar-refractivity contribution in [3.8, 4) is 10.6 Å². The Labute approximate surface area is 145 Å². The molecule has 0 spiro atoms. The van der Waals surface area contributed by atoms with E-state index in [0.29, 0.717) is 6.54 Å². The van der Waals surface area contributed by atoms with E-state index in [-0.39, 0.29) is 17.5 Å². The van der Waals surface area contributed by atoms with Crippen molar-refractivity contribution in [3.05, 3.63) is 40.0 Å². The van der Waals surface area contributed by atoms with Crippen molar-refractivity contribution in [1.29, 1.82) is 0 Å². The summed E-state index contributed by atoms with van der Waals surface area (Å²) >= 11 is 1.60. The first-order valence-corrected chi connectivity index (χ1v) is 9.17. The topological polar surface area (TPSA) is 55.2 Å². The molecule has 1 aliphatic heterocycles. The number of amides is 1. The first kappa shape index (κ1) is 16.9. The number of nitrogens with zero attached hydrogens (tertiary/aromatic N) is 3. The molecule has 0 aromatic carbocycles. The fraction of sp³-hybridized carbons (Fsp3) is 0.500. The van der Waals surface area contributed by atoms with Gasteiger partial charge in [0.25, 0.3) is 5.56 Å². The summed E-state index contributed by atoms with van der Waals surface area (Å²) in [6.45, 7) is 7.03. The van der Waals surface area contributed by atoms with Crippen LogP contribution >= 0.6 is 11.3 Å². The van der Waals surface area contributed by atoms with Crippen LogP contribution in [0.2, 0.25) is 0 Å². The lowest BCUT2D eigenvalue weighted by Crippen LogP contribution is -2.45. The molecule has 2 aromatic heterocycles. The maximum absolute atomic E-state index is 12.6. The van der Waals surface area contributed by atoms with Crippen LogP contribution in [0.3, 0.4) is 0 Å². The lowest BCUT2D eigenvalue weighted by atomic mass is 9.94. The lowest BCUT2D eigenvalue weighted by Gasteiger charge is -2.31. The fourth-order valence-electron chi connectivity index (χ4n) is 3.06. The van der Waals surface area contributed by atoms with Gasteiger partial charge in [-0.2, -0.15) is 5.10 Å². The minimum atomic E-state index is -0.403. The highest BCUT2D eigenvalue weighted by Crippen LogP contribution is 2.26. The van der Waals surface area contributed by atoms with Gasteiger partial charge in [-0.15, -0.1) is 11.3 Å². The van der Waals surface area contributed by atoms with Crippen molar-refractivity contribution in [1.82, 2.24) is 14.7 Å². The van der Waals surface area contributed by atoms with Crippen LogP contribution in [0.25, 0.3) is 10.6 Å². The Morgan fingerprint density at radius 2 is 2.12 bits per heavy atom. The SMILES string of the molecule is CC(C)(C)C(=O)N1CCC[C@H]1Cn1nc(-c2cccs2)ccc1=O. The second-order valence-electron chi connectivity index (χ2n) is 7.26. The standard InChI is InChI=1S/C18H23N3O2S/c1-18(2,3)17(23)20-10-4-6-13(20)12-21-16(22)9-8-14(19-21)15-7-5-11-24-15/h5,7-9,11,13H,4,6,10,12H2,1-3H3/t13-/m0/s1. The fourth-order valence-corrected chi connectivity index (χ4v) is 3.75. The molecule has 2 aromatic rings. The van der Waals surface area contributed by atoms with Gasteiger partial charge < -0.3 is 4.90 Å². The molecule has 0 radical (unpaired) electrons. The van der Waals surface area contributed by atoms with E-state index in [0.717, 1.165) is 30.0 Å². The third kappa shape index (κ3) is 3.43. The van der Waals surface area contributed by atoms with E-state index in [1.807, 2.05) is 43.2 Å². The van der Waals surface area contributed by atoms with Gasteiger partial charge >= 0.3 is 0 Å². The molecule has 3 heterocycles. The molecule has 0 aliphatic carbocycles. The van der Waals surface area contributed by atoms with E-state index in [1.165, 1.54) is 4.68 Å². The highest BCUT2D eigenvalue weighted by Gasteiger charge is 2.35. The molecular weight excluding hydrogens is 322 g/mol. The van der Waals surface area contributed by atoms with Crippen LogP contribution in [0, 0.1) is 5.41 Å². The van der Waals surface area contributed by atoms with Crippen LogP contribution in [-0.2, 0) is 11.3 Å². The average Bonchev–Trinajstić information content (AvgIpc) is 3.19. The normalized spacial score (nSPS) is 18.1. The van der Waals surface area contributed by atoms with Gasteiger partial charge in [-0.3, -0.25) is 9.59 Å². The van der Waals surface area contributed by atoms with Crippen LogP contribution in [0.4, 0.5) is 0 Å². The van der Waals surface area contributed by atoms with Crippen LogP contribution in [0.5, 0.6) is 0 Å². The van der Waals surface area contributed by atoms with Crippen LogP contribution < -0.4 is 5.56 Å². The zero-order valence-corrected chi connectivity index (χ0v) is 15.2. The zero-order chi connectivity index (χ0) is 17.3. The molecule has 24 heavy (non-hydrogen) atoms. The van der Waals surface area contributed by atoms with Crippen molar-refractivity contribution < 1.29 is 4.79 Å². The third-order valence-corrected chi connectivity index (χ3v) is 5.20. The van der Waals surface area contributed by atoms with Crippen molar-refractivity contribution in [3.63, 3.8) is 0 Å². The van der Waals surface area contributed by atoms with Crippen LogP contribution in [-0.4, -0.2) is 33.2 Å². The van der Waals surface area contributed by atoms with Crippen LogP contribution in [0.1, 0.15) is 33.6 Å². The Balaban J connectivity index is 1.84. The number of hydrogen-bond acceptors (Lipinski definition) is 4. The Morgan fingerprint density at radius 3 is 2.79 bits per heavy atom. The molecule has 1 fully saturated rings. The van der Waals surface area contributed by atoms with Gasteiger partial charge in [0.1, 0.15) is 5.69 Å². The second kappa shape index (κ2) is 6.51. The van der Waals surface area contributed by atoms with Crippen molar-refractivity contribution in [2.75, 3.05) is 6.54 Å². The highest BCUT2D eigenvalue weighted by atomic mass is 32.1. The van der Waals surface area contributed by atoms with E-state index in [9.17, 15) is 9.59 Å². The lowest BCUT2D eigenvalue weighted by molar-refractivity contribution is -0.140. The summed E-state index contributed by atoms with van der Waals surface area (Å²) in [5, 5.41) is 6.50. The van der Waals surface area contributed by atoms with Gasteiger partial charge in [-0.25, -0.2) is 4.68 Å². The maximum Gasteiger partial charge on any atom is 0.266 e. The summed E-state index contributed by atoms with van der Waals surface area (Å²) in [5.74, 6) is 0.146. The molecule has 1 saturated heterocycles. The minimum Gasteiger partial charge on any atom is -0.337 e. The first-order chi connectivity index (χ1) is 11.4. The molecule has 3 rings (SSSR count). The summed E-state index contributed by atoms with van der Waals surface area (Å²) < 4.78 is 1.51. The Bertz CT molecular complexity index is 774. The Kier molecular flexibility index (Phi) is 4.58. The molecule has 0 N–H and O–H groups in total. The molecule has 6 heteroatoms. The molecule has 0 bridgehead atoms. The average molecular weight is 345 g/mol. The van der Waals surface area contributed by atoms with Gasteiger partial charge in [0.15, 0.2) is 0 Å². The third-order valence-electron chi connectivity index (χ3n) is 4.30. The first-order valence-electron chi connectivity index (χ1n) is 8.29. The summed E-state index contributed by atoms with van der Waals surface area (Å²) in [4.78, 5) is 27.8. The predicted octanol–water partition coefficient (Wildman–Crippen LogP) is 3.01.